The van der Waals surface area contributed by atoms with Crippen LogP contribution < -0.4 is 10.3 Å². The van der Waals surface area contributed by atoms with Crippen molar-refractivity contribution in [3.05, 3.63) is 40.2 Å². The highest BCUT2D eigenvalue weighted by molar-refractivity contribution is 6.03. The van der Waals surface area contributed by atoms with Crippen molar-refractivity contribution in [2.75, 3.05) is 27.4 Å². The number of ether oxygens (including phenoxy) is 4. The van der Waals surface area contributed by atoms with Crippen molar-refractivity contribution in [2.45, 2.75) is 12.8 Å². The van der Waals surface area contributed by atoms with Crippen LogP contribution in [0.5, 0.6) is 5.75 Å². The van der Waals surface area contributed by atoms with Crippen molar-refractivity contribution in [3.63, 3.8) is 0 Å². The highest BCUT2D eigenvalue weighted by Gasteiger charge is 2.21. The molecule has 23 heavy (non-hydrogen) atoms. The van der Waals surface area contributed by atoms with E-state index in [2.05, 4.69) is 0 Å². The zero-order valence-electron chi connectivity index (χ0n) is 12.9. The van der Waals surface area contributed by atoms with Gasteiger partial charge in [0.1, 0.15) is 5.75 Å². The Morgan fingerprint density at radius 1 is 1.26 bits per heavy atom. The summed E-state index contributed by atoms with van der Waals surface area (Å²) < 4.78 is 22.3. The van der Waals surface area contributed by atoms with E-state index in [-0.39, 0.29) is 17.7 Å². The SMILES string of the molecule is COC(=O)c1cc(=O)n(CC2OCCO2)c2cc(OC)ccc12. The Kier molecular flexibility index (Phi) is 4.31. The van der Waals surface area contributed by atoms with Crippen LogP contribution in [0.15, 0.2) is 29.1 Å². The number of hydrogen-bond acceptors (Lipinski definition) is 6. The van der Waals surface area contributed by atoms with Gasteiger partial charge in [0.15, 0.2) is 6.29 Å². The summed E-state index contributed by atoms with van der Waals surface area (Å²) in [6.07, 6.45) is -0.480. The van der Waals surface area contributed by atoms with Crippen molar-refractivity contribution in [1.82, 2.24) is 4.57 Å². The third kappa shape index (κ3) is 2.93. The van der Waals surface area contributed by atoms with E-state index in [0.29, 0.717) is 29.9 Å². The monoisotopic (exact) mass is 319 g/mol. The minimum atomic E-state index is -0.558. The second-order valence-electron chi connectivity index (χ2n) is 5.05. The molecule has 0 N–H and O–H groups in total. The summed E-state index contributed by atoms with van der Waals surface area (Å²) in [6.45, 7) is 1.24. The van der Waals surface area contributed by atoms with Crippen LogP contribution in [-0.4, -0.2) is 44.3 Å². The average molecular weight is 319 g/mol. The van der Waals surface area contributed by atoms with Crippen LogP contribution in [0, 0.1) is 0 Å². The van der Waals surface area contributed by atoms with E-state index in [0.717, 1.165) is 0 Å². The third-order valence-corrected chi connectivity index (χ3v) is 3.75. The maximum atomic E-state index is 12.5. The second-order valence-corrected chi connectivity index (χ2v) is 5.05. The predicted octanol–water partition coefficient (Wildman–Crippen LogP) is 1.17. The topological polar surface area (TPSA) is 76.0 Å². The van der Waals surface area contributed by atoms with E-state index in [9.17, 15) is 9.59 Å². The van der Waals surface area contributed by atoms with Gasteiger partial charge in [-0.3, -0.25) is 4.79 Å². The summed E-state index contributed by atoms with van der Waals surface area (Å²) in [5, 5.41) is 0.607. The van der Waals surface area contributed by atoms with Gasteiger partial charge in [-0.1, -0.05) is 0 Å². The van der Waals surface area contributed by atoms with Gasteiger partial charge in [-0.05, 0) is 12.1 Å². The fourth-order valence-corrected chi connectivity index (χ4v) is 2.62. The Morgan fingerprint density at radius 2 is 2.00 bits per heavy atom. The van der Waals surface area contributed by atoms with Crippen molar-refractivity contribution in [3.8, 4) is 5.75 Å². The number of esters is 1. The Hall–Kier alpha value is -2.38. The van der Waals surface area contributed by atoms with E-state index in [4.69, 9.17) is 18.9 Å². The predicted molar refractivity (Wildman–Crippen MR) is 81.8 cm³/mol. The lowest BCUT2D eigenvalue weighted by Crippen LogP contribution is -2.28. The first-order valence-corrected chi connectivity index (χ1v) is 7.17. The van der Waals surface area contributed by atoms with Gasteiger partial charge < -0.3 is 23.5 Å². The molecule has 7 nitrogen and oxygen atoms in total. The maximum absolute atomic E-state index is 12.5. The molecule has 1 saturated heterocycles. The largest absolute Gasteiger partial charge is 0.497 e. The summed E-state index contributed by atoms with van der Waals surface area (Å²) in [4.78, 5) is 24.4. The molecule has 0 amide bonds. The number of fused-ring (bicyclic) bond motifs is 1. The summed E-state index contributed by atoms with van der Waals surface area (Å²) >= 11 is 0. The van der Waals surface area contributed by atoms with Crippen molar-refractivity contribution >= 4 is 16.9 Å². The van der Waals surface area contributed by atoms with Crippen LogP contribution >= 0.6 is 0 Å². The maximum Gasteiger partial charge on any atom is 0.338 e. The van der Waals surface area contributed by atoms with Crippen LogP contribution in [0.2, 0.25) is 0 Å². The number of pyridine rings is 1. The Morgan fingerprint density at radius 3 is 2.65 bits per heavy atom. The number of rotatable bonds is 4. The Balaban J connectivity index is 2.19. The minimum absolute atomic E-state index is 0.222. The summed E-state index contributed by atoms with van der Waals surface area (Å²) in [5.74, 6) is 0.0266. The van der Waals surface area contributed by atoms with Gasteiger partial charge in [-0.15, -0.1) is 0 Å². The molecule has 0 atom stereocenters. The average Bonchev–Trinajstić information content (AvgIpc) is 3.09. The van der Waals surface area contributed by atoms with E-state index >= 15 is 0 Å². The smallest absolute Gasteiger partial charge is 0.338 e. The standard InChI is InChI=1S/C16H17NO6/c1-20-10-3-4-11-12(16(19)21-2)8-14(18)17(13(11)7-10)9-15-22-5-6-23-15/h3-4,7-8,15H,5-6,9H2,1-2H3. The summed E-state index contributed by atoms with van der Waals surface area (Å²) in [7, 11) is 2.82. The fourth-order valence-electron chi connectivity index (χ4n) is 2.62. The number of methoxy groups -OCH3 is 2. The van der Waals surface area contributed by atoms with Crippen LogP contribution in [0.25, 0.3) is 10.9 Å². The van der Waals surface area contributed by atoms with Crippen LogP contribution in [-0.2, 0) is 20.8 Å². The summed E-state index contributed by atoms with van der Waals surface area (Å²) in [6, 6.07) is 6.44. The molecule has 7 heteroatoms. The van der Waals surface area contributed by atoms with E-state index in [1.54, 1.807) is 18.2 Å². The molecule has 1 fully saturated rings. The number of carbonyl (C=O) groups is 1. The number of aromatic nitrogens is 1. The normalized spacial score (nSPS) is 15.0. The lowest BCUT2D eigenvalue weighted by Gasteiger charge is -2.16. The van der Waals surface area contributed by atoms with Gasteiger partial charge in [-0.25, -0.2) is 4.79 Å². The molecule has 3 rings (SSSR count). The van der Waals surface area contributed by atoms with Crippen molar-refractivity contribution in [1.29, 1.82) is 0 Å². The number of benzene rings is 1. The van der Waals surface area contributed by atoms with Crippen molar-refractivity contribution in [2.24, 2.45) is 0 Å². The molecule has 2 heterocycles. The summed E-state index contributed by atoms with van der Waals surface area (Å²) in [5.41, 5.74) is 0.460. The molecule has 0 spiro atoms. The molecule has 122 valence electrons. The third-order valence-electron chi connectivity index (χ3n) is 3.75. The molecule has 0 bridgehead atoms. The molecular weight excluding hydrogens is 302 g/mol. The Labute approximate surface area is 132 Å². The number of hydrogen-bond donors (Lipinski definition) is 0. The van der Waals surface area contributed by atoms with Gasteiger partial charge in [0.2, 0.25) is 0 Å². The molecular formula is C16H17NO6. The quantitative estimate of drug-likeness (QED) is 0.788. The van der Waals surface area contributed by atoms with Gasteiger partial charge in [-0.2, -0.15) is 0 Å². The molecule has 0 saturated carbocycles. The molecule has 1 aliphatic rings. The highest BCUT2D eigenvalue weighted by atomic mass is 16.7. The van der Waals surface area contributed by atoms with Crippen LogP contribution in [0.3, 0.4) is 0 Å². The van der Waals surface area contributed by atoms with Gasteiger partial charge >= 0.3 is 5.97 Å². The van der Waals surface area contributed by atoms with Crippen LogP contribution in [0.1, 0.15) is 10.4 Å². The lowest BCUT2D eigenvalue weighted by atomic mass is 10.1. The number of carbonyl (C=O) groups excluding carboxylic acids is 1. The van der Waals surface area contributed by atoms with Gasteiger partial charge in [0.25, 0.3) is 5.56 Å². The molecule has 2 aromatic rings. The Bertz CT molecular complexity index is 791. The first kappa shape index (κ1) is 15.5. The first-order valence-electron chi connectivity index (χ1n) is 7.17. The zero-order valence-corrected chi connectivity index (χ0v) is 12.9. The first-order chi connectivity index (χ1) is 11.1. The lowest BCUT2D eigenvalue weighted by molar-refractivity contribution is -0.0522. The second kappa shape index (κ2) is 6.39. The minimum Gasteiger partial charge on any atom is -0.497 e. The molecule has 1 aliphatic heterocycles. The van der Waals surface area contributed by atoms with E-state index in [1.165, 1.54) is 24.9 Å². The molecule has 1 aromatic heterocycles. The van der Waals surface area contributed by atoms with Crippen molar-refractivity contribution < 1.29 is 23.7 Å². The van der Waals surface area contributed by atoms with E-state index in [1.807, 2.05) is 0 Å². The zero-order chi connectivity index (χ0) is 16.4. The van der Waals surface area contributed by atoms with Crippen LogP contribution in [0.4, 0.5) is 0 Å². The van der Waals surface area contributed by atoms with Gasteiger partial charge in [0, 0.05) is 17.5 Å². The number of nitrogens with zero attached hydrogens (tertiary/aromatic N) is 1. The molecule has 0 unspecified atom stereocenters. The highest BCUT2D eigenvalue weighted by Crippen LogP contribution is 2.24. The van der Waals surface area contributed by atoms with Gasteiger partial charge in [0.05, 0.1) is 45.1 Å². The molecule has 1 aromatic carbocycles. The fraction of sp³-hybridized carbons (Fsp3) is 0.375. The van der Waals surface area contributed by atoms with E-state index < -0.39 is 12.3 Å². The molecule has 0 aliphatic carbocycles. The molecule has 0 radical (unpaired) electrons.